The predicted octanol–water partition coefficient (Wildman–Crippen LogP) is 1.93. The van der Waals surface area contributed by atoms with E-state index in [9.17, 15) is 0 Å². The molecule has 0 radical (unpaired) electrons. The van der Waals surface area contributed by atoms with E-state index in [1.54, 1.807) is 18.2 Å². The fraction of sp³-hybridized carbons (Fsp3) is 0.0588. The zero-order valence-corrected chi connectivity index (χ0v) is 13.5. The average molecular weight is 335 g/mol. The molecule has 0 saturated heterocycles. The third-order valence-corrected chi connectivity index (χ3v) is 3.30. The molecule has 0 spiro atoms. The lowest BCUT2D eigenvalue weighted by Gasteiger charge is -1.99. The van der Waals surface area contributed by atoms with Crippen LogP contribution in [0.3, 0.4) is 0 Å². The van der Waals surface area contributed by atoms with Crippen LogP contribution in [0.1, 0.15) is 5.56 Å². The summed E-state index contributed by atoms with van der Waals surface area (Å²) in [7, 11) is 0. The summed E-state index contributed by atoms with van der Waals surface area (Å²) < 4.78 is 5.75. The molecule has 0 aliphatic rings. The number of guanidine groups is 2. The highest BCUT2D eigenvalue weighted by atomic mass is 16.4. The summed E-state index contributed by atoms with van der Waals surface area (Å²) in [5.74, 6) is 0.636. The zero-order chi connectivity index (χ0) is 17.8. The van der Waals surface area contributed by atoms with Gasteiger partial charge in [-0.15, -0.1) is 10.2 Å². The van der Waals surface area contributed by atoms with Crippen LogP contribution in [0.5, 0.6) is 0 Å². The first-order chi connectivity index (χ1) is 12.0. The Morgan fingerprint density at radius 1 is 0.920 bits per heavy atom. The highest BCUT2D eigenvalue weighted by molar-refractivity contribution is 5.93. The van der Waals surface area contributed by atoms with Gasteiger partial charge in [-0.05, 0) is 37.3 Å². The van der Waals surface area contributed by atoms with Gasteiger partial charge in [0.1, 0.15) is 0 Å². The topological polar surface area (TPSA) is 142 Å². The predicted molar refractivity (Wildman–Crippen MR) is 97.0 cm³/mol. The van der Waals surface area contributed by atoms with E-state index in [0.717, 1.165) is 11.1 Å². The summed E-state index contributed by atoms with van der Waals surface area (Å²) in [6.45, 7) is 2.02. The van der Waals surface area contributed by atoms with Crippen LogP contribution < -0.4 is 17.2 Å². The van der Waals surface area contributed by atoms with Crippen molar-refractivity contribution in [2.45, 2.75) is 6.92 Å². The summed E-state index contributed by atoms with van der Waals surface area (Å²) in [6, 6.07) is 15.0. The molecule has 0 fully saturated rings. The minimum Gasteiger partial charge on any atom is -0.416 e. The van der Waals surface area contributed by atoms with E-state index in [4.69, 9.17) is 21.6 Å². The fourth-order valence-electron chi connectivity index (χ4n) is 2.15. The molecule has 3 rings (SSSR count). The van der Waals surface area contributed by atoms with Gasteiger partial charge in [-0.1, -0.05) is 23.8 Å². The van der Waals surface area contributed by atoms with Gasteiger partial charge >= 0.3 is 0 Å². The van der Waals surface area contributed by atoms with Gasteiger partial charge in [0.2, 0.25) is 17.7 Å². The minimum atomic E-state index is -0.156. The van der Waals surface area contributed by atoms with Gasteiger partial charge in [-0.25, -0.2) is 4.99 Å². The molecule has 0 unspecified atom stereocenters. The molecule has 0 atom stereocenters. The van der Waals surface area contributed by atoms with Gasteiger partial charge < -0.3 is 21.6 Å². The van der Waals surface area contributed by atoms with Gasteiger partial charge in [0.15, 0.2) is 5.96 Å². The van der Waals surface area contributed by atoms with E-state index >= 15 is 0 Å². The molecular formula is C17H17N7O. The number of nitrogens with zero attached hydrogens (tertiary/aromatic N) is 4. The van der Waals surface area contributed by atoms with Crippen molar-refractivity contribution in [2.24, 2.45) is 27.2 Å². The lowest BCUT2D eigenvalue weighted by molar-refractivity contribution is 0.584. The average Bonchev–Trinajstić information content (AvgIpc) is 3.05. The van der Waals surface area contributed by atoms with Crippen molar-refractivity contribution in [2.75, 3.05) is 0 Å². The molecule has 1 aromatic heterocycles. The van der Waals surface area contributed by atoms with Crippen molar-refractivity contribution >= 4 is 17.6 Å². The first kappa shape index (κ1) is 16.2. The molecule has 25 heavy (non-hydrogen) atoms. The Morgan fingerprint density at radius 3 is 2.28 bits per heavy atom. The fourth-order valence-corrected chi connectivity index (χ4v) is 2.15. The van der Waals surface area contributed by atoms with Crippen LogP contribution in [0.25, 0.3) is 22.9 Å². The van der Waals surface area contributed by atoms with Gasteiger partial charge in [-0.2, -0.15) is 4.99 Å². The van der Waals surface area contributed by atoms with Crippen LogP contribution in [-0.2, 0) is 0 Å². The maximum Gasteiger partial charge on any atom is 0.248 e. The molecule has 0 amide bonds. The number of hydrogen-bond acceptors (Lipinski definition) is 4. The van der Waals surface area contributed by atoms with Crippen molar-refractivity contribution in [1.82, 2.24) is 10.2 Å². The van der Waals surface area contributed by atoms with E-state index < -0.39 is 0 Å². The second-order valence-electron chi connectivity index (χ2n) is 5.34. The summed E-state index contributed by atoms with van der Waals surface area (Å²) in [5, 5.41) is 8.18. The van der Waals surface area contributed by atoms with Crippen LogP contribution >= 0.6 is 0 Å². The highest BCUT2D eigenvalue weighted by Crippen LogP contribution is 2.26. The zero-order valence-electron chi connectivity index (χ0n) is 13.5. The highest BCUT2D eigenvalue weighted by Gasteiger charge is 2.10. The molecular weight excluding hydrogens is 318 g/mol. The summed E-state index contributed by atoms with van der Waals surface area (Å²) in [6.07, 6.45) is 0. The molecule has 0 aliphatic carbocycles. The van der Waals surface area contributed by atoms with Gasteiger partial charge in [0.25, 0.3) is 0 Å². The summed E-state index contributed by atoms with van der Waals surface area (Å²) >= 11 is 0. The second-order valence-corrected chi connectivity index (χ2v) is 5.34. The Labute approximate surface area is 144 Å². The van der Waals surface area contributed by atoms with Gasteiger partial charge in [0, 0.05) is 11.1 Å². The first-order valence-corrected chi connectivity index (χ1v) is 7.46. The number of aromatic nitrogens is 2. The standard InChI is InChI=1S/C17H17N7O/c1-10-5-7-11(8-6-10)14-23-24-15(25-14)12-3-2-4-13(9-12)21-17(20)22-16(18)19/h2-9H,1H3,(H6,18,19,20,21,22). The first-order valence-electron chi connectivity index (χ1n) is 7.46. The summed E-state index contributed by atoms with van der Waals surface area (Å²) in [4.78, 5) is 7.79. The van der Waals surface area contributed by atoms with Crippen molar-refractivity contribution in [3.8, 4) is 22.9 Å². The second kappa shape index (κ2) is 6.83. The van der Waals surface area contributed by atoms with Crippen molar-refractivity contribution in [3.63, 3.8) is 0 Å². The van der Waals surface area contributed by atoms with Crippen molar-refractivity contribution < 1.29 is 4.42 Å². The normalized spacial score (nSPS) is 11.3. The van der Waals surface area contributed by atoms with E-state index in [0.29, 0.717) is 23.0 Å². The molecule has 2 aromatic carbocycles. The monoisotopic (exact) mass is 335 g/mol. The van der Waals surface area contributed by atoms with Crippen LogP contribution in [0, 0.1) is 6.92 Å². The number of aryl methyl sites for hydroxylation is 1. The molecule has 8 heteroatoms. The Hall–Kier alpha value is -3.68. The Morgan fingerprint density at radius 2 is 1.60 bits per heavy atom. The number of rotatable bonds is 3. The molecule has 0 bridgehead atoms. The van der Waals surface area contributed by atoms with Crippen LogP contribution in [0.2, 0.25) is 0 Å². The lowest BCUT2D eigenvalue weighted by atomic mass is 10.1. The van der Waals surface area contributed by atoms with Crippen LogP contribution in [0.15, 0.2) is 62.9 Å². The maximum absolute atomic E-state index is 5.75. The smallest absolute Gasteiger partial charge is 0.248 e. The van der Waals surface area contributed by atoms with E-state index in [-0.39, 0.29) is 11.9 Å². The van der Waals surface area contributed by atoms with Gasteiger partial charge in [-0.3, -0.25) is 0 Å². The minimum absolute atomic E-state index is 0.0389. The third kappa shape index (κ3) is 3.99. The number of hydrogen-bond donors (Lipinski definition) is 3. The Bertz CT molecular complexity index is 938. The van der Waals surface area contributed by atoms with E-state index in [1.165, 1.54) is 0 Å². The lowest BCUT2D eigenvalue weighted by Crippen LogP contribution is -2.26. The van der Waals surface area contributed by atoms with Crippen molar-refractivity contribution in [1.29, 1.82) is 0 Å². The molecule has 8 nitrogen and oxygen atoms in total. The van der Waals surface area contributed by atoms with Crippen molar-refractivity contribution in [3.05, 3.63) is 54.1 Å². The maximum atomic E-state index is 5.75. The quantitative estimate of drug-likeness (QED) is 0.493. The molecule has 0 saturated carbocycles. The van der Waals surface area contributed by atoms with Gasteiger partial charge in [0.05, 0.1) is 5.69 Å². The largest absolute Gasteiger partial charge is 0.416 e. The molecule has 3 aromatic rings. The molecule has 6 N–H and O–H groups in total. The van der Waals surface area contributed by atoms with Crippen LogP contribution in [-0.4, -0.2) is 22.1 Å². The third-order valence-electron chi connectivity index (χ3n) is 3.30. The number of nitrogens with two attached hydrogens (primary N) is 3. The Balaban J connectivity index is 1.89. The number of benzene rings is 2. The van der Waals surface area contributed by atoms with Crippen LogP contribution in [0.4, 0.5) is 5.69 Å². The SMILES string of the molecule is Cc1ccc(-c2nnc(-c3cccc(N=C(N)N=C(N)N)c3)o2)cc1. The van der Waals surface area contributed by atoms with E-state index in [2.05, 4.69) is 20.2 Å². The molecule has 0 aliphatic heterocycles. The molecule has 1 heterocycles. The number of aliphatic imine (C=N–C) groups is 2. The van der Waals surface area contributed by atoms with E-state index in [1.807, 2.05) is 37.3 Å². The molecule has 126 valence electrons. The summed E-state index contributed by atoms with van der Waals surface area (Å²) in [5.41, 5.74) is 19.5. The Kier molecular flexibility index (Phi) is 4.42.